The summed E-state index contributed by atoms with van der Waals surface area (Å²) in [5.41, 5.74) is 1.62. The molecule has 0 bridgehead atoms. The van der Waals surface area contributed by atoms with Gasteiger partial charge in [0.15, 0.2) is 0 Å². The molecule has 0 radical (unpaired) electrons. The number of rotatable bonds is 6. The monoisotopic (exact) mass is 469 g/mol. The topological polar surface area (TPSA) is 95.6 Å². The highest BCUT2D eigenvalue weighted by Gasteiger charge is 2.21. The van der Waals surface area contributed by atoms with Gasteiger partial charge in [0.1, 0.15) is 4.21 Å². The number of para-hydroxylation sites is 1. The van der Waals surface area contributed by atoms with Crippen molar-refractivity contribution in [1.29, 1.82) is 0 Å². The number of sulfonamides is 1. The third-order valence-corrected chi connectivity index (χ3v) is 7.99. The van der Waals surface area contributed by atoms with Crippen molar-refractivity contribution in [3.63, 3.8) is 0 Å². The van der Waals surface area contributed by atoms with E-state index in [1.165, 1.54) is 30.3 Å². The van der Waals surface area contributed by atoms with E-state index in [0.29, 0.717) is 22.5 Å². The fraction of sp³-hybridized carbons (Fsp3) is 0.217. The highest BCUT2D eigenvalue weighted by atomic mass is 32.2. The average molecular weight is 470 g/mol. The number of thiophene rings is 1. The summed E-state index contributed by atoms with van der Waals surface area (Å²) in [5, 5.41) is 4.50. The Morgan fingerprint density at radius 1 is 0.875 bits per heavy atom. The predicted octanol–water partition coefficient (Wildman–Crippen LogP) is 4.43. The number of carbonyl (C=O) groups excluding carboxylic acids is 2. The van der Waals surface area contributed by atoms with Crippen LogP contribution in [-0.2, 0) is 10.0 Å². The lowest BCUT2D eigenvalue weighted by Gasteiger charge is -2.27. The van der Waals surface area contributed by atoms with Crippen LogP contribution in [0.4, 0.5) is 11.4 Å². The first-order valence-corrected chi connectivity index (χ1v) is 12.7. The van der Waals surface area contributed by atoms with Gasteiger partial charge in [0.05, 0.1) is 11.3 Å². The van der Waals surface area contributed by atoms with Gasteiger partial charge >= 0.3 is 0 Å². The number of amides is 2. The van der Waals surface area contributed by atoms with E-state index in [1.807, 2.05) is 4.90 Å². The number of anilines is 2. The van der Waals surface area contributed by atoms with Crippen molar-refractivity contribution >= 4 is 44.5 Å². The summed E-state index contributed by atoms with van der Waals surface area (Å²) < 4.78 is 27.4. The Labute approximate surface area is 191 Å². The Kier molecular flexibility index (Phi) is 6.57. The molecule has 166 valence electrons. The van der Waals surface area contributed by atoms with Crippen LogP contribution in [0.1, 0.15) is 40.0 Å². The largest absolute Gasteiger partial charge is 0.339 e. The maximum Gasteiger partial charge on any atom is 0.271 e. The van der Waals surface area contributed by atoms with Gasteiger partial charge in [-0.1, -0.05) is 18.2 Å². The molecule has 1 aliphatic rings. The summed E-state index contributed by atoms with van der Waals surface area (Å²) in [6.45, 7) is 1.45. The van der Waals surface area contributed by atoms with Gasteiger partial charge in [-0.15, -0.1) is 11.3 Å². The average Bonchev–Trinajstić information content (AvgIpc) is 3.36. The number of hydrogen-bond acceptors (Lipinski definition) is 5. The first-order chi connectivity index (χ1) is 15.4. The van der Waals surface area contributed by atoms with Gasteiger partial charge in [0.25, 0.3) is 21.8 Å². The molecular weight excluding hydrogens is 446 g/mol. The molecular formula is C23H23N3O4S2. The van der Waals surface area contributed by atoms with E-state index in [1.54, 1.807) is 35.7 Å². The fourth-order valence-electron chi connectivity index (χ4n) is 3.55. The Balaban J connectivity index is 1.46. The van der Waals surface area contributed by atoms with Crippen molar-refractivity contribution in [2.75, 3.05) is 23.1 Å². The lowest BCUT2D eigenvalue weighted by molar-refractivity contribution is 0.0725. The van der Waals surface area contributed by atoms with E-state index in [-0.39, 0.29) is 16.0 Å². The third kappa shape index (κ3) is 5.00. The van der Waals surface area contributed by atoms with Crippen molar-refractivity contribution < 1.29 is 18.0 Å². The van der Waals surface area contributed by atoms with Crippen LogP contribution in [-0.4, -0.2) is 38.2 Å². The molecule has 1 saturated heterocycles. The quantitative estimate of drug-likeness (QED) is 0.558. The van der Waals surface area contributed by atoms with E-state index >= 15 is 0 Å². The molecule has 1 fully saturated rings. The molecule has 2 aromatic carbocycles. The zero-order chi connectivity index (χ0) is 22.6. The first kappa shape index (κ1) is 22.0. The molecule has 7 nitrogen and oxygen atoms in total. The Morgan fingerprint density at radius 3 is 2.28 bits per heavy atom. The van der Waals surface area contributed by atoms with E-state index in [9.17, 15) is 18.0 Å². The SMILES string of the molecule is O=C(Nc1ccccc1C(=O)N1CCCCC1)c1ccc(NS(=O)(=O)c2cccs2)cc1. The second-order valence-electron chi connectivity index (χ2n) is 7.47. The number of nitrogens with one attached hydrogen (secondary N) is 2. The number of carbonyl (C=O) groups is 2. The number of hydrogen-bond donors (Lipinski definition) is 2. The van der Waals surface area contributed by atoms with E-state index < -0.39 is 10.0 Å². The molecule has 9 heteroatoms. The van der Waals surface area contributed by atoms with Gasteiger partial charge in [0.2, 0.25) is 0 Å². The molecule has 4 rings (SSSR count). The summed E-state index contributed by atoms with van der Waals surface area (Å²) in [5.74, 6) is -0.463. The highest BCUT2D eigenvalue weighted by Crippen LogP contribution is 2.23. The Hall–Kier alpha value is -3.17. The summed E-state index contributed by atoms with van der Waals surface area (Å²) in [6.07, 6.45) is 3.10. The molecule has 2 N–H and O–H groups in total. The lowest BCUT2D eigenvalue weighted by Crippen LogP contribution is -2.36. The summed E-state index contributed by atoms with van der Waals surface area (Å²) >= 11 is 1.13. The van der Waals surface area contributed by atoms with Crippen LogP contribution in [0.5, 0.6) is 0 Å². The Bertz CT molecular complexity index is 1200. The van der Waals surface area contributed by atoms with Crippen molar-refractivity contribution in [3.8, 4) is 0 Å². The maximum absolute atomic E-state index is 12.9. The van der Waals surface area contributed by atoms with Crippen LogP contribution in [0, 0.1) is 0 Å². The summed E-state index contributed by atoms with van der Waals surface area (Å²) in [6, 6.07) is 16.3. The van der Waals surface area contributed by atoms with Gasteiger partial charge in [-0.05, 0) is 67.1 Å². The molecule has 2 amide bonds. The van der Waals surface area contributed by atoms with E-state index in [0.717, 1.165) is 43.7 Å². The van der Waals surface area contributed by atoms with E-state index in [4.69, 9.17) is 0 Å². The predicted molar refractivity (Wildman–Crippen MR) is 126 cm³/mol. The molecule has 1 aromatic heterocycles. The molecule has 0 saturated carbocycles. The molecule has 1 aliphatic heterocycles. The normalized spacial score (nSPS) is 14.1. The van der Waals surface area contributed by atoms with Gasteiger partial charge in [-0.25, -0.2) is 8.42 Å². The minimum atomic E-state index is -3.65. The summed E-state index contributed by atoms with van der Waals surface area (Å²) in [4.78, 5) is 27.5. The van der Waals surface area contributed by atoms with E-state index in [2.05, 4.69) is 10.0 Å². The molecule has 0 atom stereocenters. The van der Waals surface area contributed by atoms with Crippen LogP contribution < -0.4 is 10.0 Å². The first-order valence-electron chi connectivity index (χ1n) is 10.3. The fourth-order valence-corrected chi connectivity index (χ4v) is 5.60. The van der Waals surface area contributed by atoms with Crippen LogP contribution in [0.3, 0.4) is 0 Å². The number of nitrogens with zero attached hydrogens (tertiary/aromatic N) is 1. The number of likely N-dealkylation sites (tertiary alicyclic amines) is 1. The second-order valence-corrected chi connectivity index (χ2v) is 10.3. The van der Waals surface area contributed by atoms with Gasteiger partial charge in [0, 0.05) is 24.3 Å². The molecule has 2 heterocycles. The number of benzene rings is 2. The molecule has 3 aromatic rings. The molecule has 0 aliphatic carbocycles. The van der Waals surface area contributed by atoms with Gasteiger partial charge in [-0.3, -0.25) is 14.3 Å². The van der Waals surface area contributed by atoms with Crippen molar-refractivity contribution in [1.82, 2.24) is 4.90 Å². The van der Waals surface area contributed by atoms with Crippen LogP contribution >= 0.6 is 11.3 Å². The van der Waals surface area contributed by atoms with Crippen LogP contribution in [0.25, 0.3) is 0 Å². The smallest absolute Gasteiger partial charge is 0.271 e. The Morgan fingerprint density at radius 2 is 1.59 bits per heavy atom. The van der Waals surface area contributed by atoms with Crippen LogP contribution in [0.15, 0.2) is 70.3 Å². The van der Waals surface area contributed by atoms with Crippen LogP contribution in [0.2, 0.25) is 0 Å². The highest BCUT2D eigenvalue weighted by molar-refractivity contribution is 7.94. The molecule has 32 heavy (non-hydrogen) atoms. The van der Waals surface area contributed by atoms with Crippen molar-refractivity contribution in [2.24, 2.45) is 0 Å². The molecule has 0 unspecified atom stereocenters. The van der Waals surface area contributed by atoms with Gasteiger partial charge < -0.3 is 10.2 Å². The van der Waals surface area contributed by atoms with Gasteiger partial charge in [-0.2, -0.15) is 0 Å². The number of piperidine rings is 1. The second kappa shape index (κ2) is 9.54. The molecule has 0 spiro atoms. The van der Waals surface area contributed by atoms with Crippen molar-refractivity contribution in [2.45, 2.75) is 23.5 Å². The standard InChI is InChI=1S/C23H23N3O4S2/c27-22(17-10-12-18(13-11-17)25-32(29,30)21-9-6-16-31-21)24-20-8-3-2-7-19(20)23(28)26-14-4-1-5-15-26/h2-3,6-13,16,25H,1,4-5,14-15H2,(H,24,27). The zero-order valence-corrected chi connectivity index (χ0v) is 18.9. The third-order valence-electron chi connectivity index (χ3n) is 5.21. The summed E-state index contributed by atoms with van der Waals surface area (Å²) in [7, 11) is -3.65. The minimum Gasteiger partial charge on any atom is -0.339 e. The van der Waals surface area contributed by atoms with Crippen molar-refractivity contribution in [3.05, 3.63) is 77.2 Å². The maximum atomic E-state index is 12.9. The lowest BCUT2D eigenvalue weighted by atomic mass is 10.1. The minimum absolute atomic E-state index is 0.0843. The zero-order valence-electron chi connectivity index (χ0n) is 17.3.